The van der Waals surface area contributed by atoms with Gasteiger partial charge in [-0.15, -0.1) is 0 Å². The highest BCUT2D eigenvalue weighted by atomic mass is 16.2. The number of amides is 3. The maximum atomic E-state index is 12.3. The van der Waals surface area contributed by atoms with Gasteiger partial charge in [-0.1, -0.05) is 32.4 Å². The Labute approximate surface area is 177 Å². The molecule has 0 aliphatic rings. The zero-order valence-corrected chi connectivity index (χ0v) is 17.6. The lowest BCUT2D eigenvalue weighted by atomic mass is 10.1. The summed E-state index contributed by atoms with van der Waals surface area (Å²) >= 11 is 0. The fourth-order valence-electron chi connectivity index (χ4n) is 2.72. The topological polar surface area (TPSA) is 99.3 Å². The van der Waals surface area contributed by atoms with Gasteiger partial charge in [0.15, 0.2) is 0 Å². The summed E-state index contributed by atoms with van der Waals surface area (Å²) in [5, 5.41) is 11.5. The van der Waals surface area contributed by atoms with Crippen LogP contribution in [0, 0.1) is 0 Å². The monoisotopic (exact) mass is 410 g/mol. The number of carbonyl (C=O) groups excluding carboxylic acids is 3. The minimum Gasteiger partial charge on any atom is -0.376 e. The Balaban J connectivity index is 1.88. The van der Waals surface area contributed by atoms with Crippen LogP contribution >= 0.6 is 0 Å². The van der Waals surface area contributed by atoms with Gasteiger partial charge in [0.1, 0.15) is 0 Å². The SMILES string of the molecule is CCCCNC(=O)c1cccc(NCC(=O)Nc2cccc(C(=O)NCCC)c2)c1. The summed E-state index contributed by atoms with van der Waals surface area (Å²) < 4.78 is 0. The van der Waals surface area contributed by atoms with Crippen LogP contribution in [0.2, 0.25) is 0 Å². The number of anilines is 2. The molecule has 4 N–H and O–H groups in total. The van der Waals surface area contributed by atoms with Gasteiger partial charge in [0.25, 0.3) is 11.8 Å². The molecular formula is C23H30N4O3. The zero-order chi connectivity index (χ0) is 21.8. The predicted molar refractivity (Wildman–Crippen MR) is 120 cm³/mol. The Hall–Kier alpha value is -3.35. The van der Waals surface area contributed by atoms with Gasteiger partial charge in [-0.25, -0.2) is 0 Å². The van der Waals surface area contributed by atoms with E-state index in [1.807, 2.05) is 6.92 Å². The van der Waals surface area contributed by atoms with Gasteiger partial charge in [-0.2, -0.15) is 0 Å². The molecular weight excluding hydrogens is 380 g/mol. The molecule has 0 unspecified atom stereocenters. The highest BCUT2D eigenvalue weighted by molar-refractivity contribution is 5.98. The molecule has 0 aliphatic heterocycles. The van der Waals surface area contributed by atoms with Gasteiger partial charge >= 0.3 is 0 Å². The van der Waals surface area contributed by atoms with Crippen molar-refractivity contribution in [3.63, 3.8) is 0 Å². The molecule has 0 spiro atoms. The molecule has 0 fully saturated rings. The van der Waals surface area contributed by atoms with E-state index in [0.29, 0.717) is 35.6 Å². The largest absolute Gasteiger partial charge is 0.376 e. The molecule has 0 aromatic heterocycles. The molecule has 0 saturated heterocycles. The van der Waals surface area contributed by atoms with E-state index in [1.165, 1.54) is 0 Å². The van der Waals surface area contributed by atoms with Crippen LogP contribution < -0.4 is 21.3 Å². The fourth-order valence-corrected chi connectivity index (χ4v) is 2.72. The Morgan fingerprint density at radius 1 is 0.767 bits per heavy atom. The van der Waals surface area contributed by atoms with Gasteiger partial charge in [0.2, 0.25) is 5.91 Å². The zero-order valence-electron chi connectivity index (χ0n) is 17.6. The molecule has 30 heavy (non-hydrogen) atoms. The normalized spacial score (nSPS) is 10.2. The number of hydrogen-bond acceptors (Lipinski definition) is 4. The first kappa shape index (κ1) is 22.9. The maximum absolute atomic E-state index is 12.3. The second kappa shape index (κ2) is 12.3. The van der Waals surface area contributed by atoms with Crippen molar-refractivity contribution in [2.24, 2.45) is 0 Å². The van der Waals surface area contributed by atoms with Crippen LogP contribution in [0.4, 0.5) is 11.4 Å². The molecule has 0 heterocycles. The van der Waals surface area contributed by atoms with Crippen molar-refractivity contribution in [2.75, 3.05) is 30.3 Å². The second-order valence-corrected chi connectivity index (χ2v) is 6.93. The number of hydrogen-bond donors (Lipinski definition) is 4. The number of carbonyl (C=O) groups is 3. The van der Waals surface area contributed by atoms with Crippen molar-refractivity contribution in [1.82, 2.24) is 10.6 Å². The summed E-state index contributed by atoms with van der Waals surface area (Å²) in [4.78, 5) is 36.5. The average molecular weight is 411 g/mol. The summed E-state index contributed by atoms with van der Waals surface area (Å²) in [5.41, 5.74) is 2.27. The maximum Gasteiger partial charge on any atom is 0.251 e. The van der Waals surface area contributed by atoms with Crippen molar-refractivity contribution in [2.45, 2.75) is 33.1 Å². The highest BCUT2D eigenvalue weighted by Gasteiger charge is 2.09. The van der Waals surface area contributed by atoms with Crippen LogP contribution in [-0.2, 0) is 4.79 Å². The molecule has 2 rings (SSSR count). The smallest absolute Gasteiger partial charge is 0.251 e. The van der Waals surface area contributed by atoms with E-state index in [0.717, 1.165) is 19.3 Å². The van der Waals surface area contributed by atoms with E-state index in [-0.39, 0.29) is 24.3 Å². The molecule has 2 aromatic rings. The highest BCUT2D eigenvalue weighted by Crippen LogP contribution is 2.12. The van der Waals surface area contributed by atoms with Crippen LogP contribution in [-0.4, -0.2) is 37.4 Å². The lowest BCUT2D eigenvalue weighted by Gasteiger charge is -2.10. The van der Waals surface area contributed by atoms with E-state index >= 15 is 0 Å². The van der Waals surface area contributed by atoms with Crippen molar-refractivity contribution < 1.29 is 14.4 Å². The third-order valence-corrected chi connectivity index (χ3v) is 4.34. The molecule has 0 saturated carbocycles. The Kier molecular flexibility index (Phi) is 9.37. The Morgan fingerprint density at radius 3 is 2.00 bits per heavy atom. The van der Waals surface area contributed by atoms with Crippen LogP contribution in [0.25, 0.3) is 0 Å². The van der Waals surface area contributed by atoms with E-state index in [1.54, 1.807) is 48.5 Å². The van der Waals surface area contributed by atoms with Gasteiger partial charge in [-0.3, -0.25) is 14.4 Å². The van der Waals surface area contributed by atoms with Crippen molar-refractivity contribution in [3.05, 3.63) is 59.7 Å². The summed E-state index contributed by atoms with van der Waals surface area (Å²) in [6.45, 7) is 5.34. The predicted octanol–water partition coefficient (Wildman–Crippen LogP) is 3.41. The number of benzene rings is 2. The molecule has 2 aromatic carbocycles. The van der Waals surface area contributed by atoms with E-state index < -0.39 is 0 Å². The third kappa shape index (κ3) is 7.58. The molecule has 7 heteroatoms. The summed E-state index contributed by atoms with van der Waals surface area (Å²) in [6, 6.07) is 13.8. The summed E-state index contributed by atoms with van der Waals surface area (Å²) in [5.74, 6) is -0.547. The van der Waals surface area contributed by atoms with Crippen molar-refractivity contribution in [3.8, 4) is 0 Å². The molecule has 0 radical (unpaired) electrons. The van der Waals surface area contributed by atoms with E-state index in [4.69, 9.17) is 0 Å². The third-order valence-electron chi connectivity index (χ3n) is 4.34. The van der Waals surface area contributed by atoms with Crippen LogP contribution in [0.15, 0.2) is 48.5 Å². The number of unbranched alkanes of at least 4 members (excludes halogenated alkanes) is 1. The molecule has 7 nitrogen and oxygen atoms in total. The van der Waals surface area contributed by atoms with Crippen LogP contribution in [0.5, 0.6) is 0 Å². The number of rotatable bonds is 11. The second-order valence-electron chi connectivity index (χ2n) is 6.93. The van der Waals surface area contributed by atoms with Crippen LogP contribution in [0.1, 0.15) is 53.8 Å². The molecule has 0 atom stereocenters. The average Bonchev–Trinajstić information content (AvgIpc) is 2.76. The number of nitrogens with one attached hydrogen (secondary N) is 4. The van der Waals surface area contributed by atoms with Crippen LogP contribution in [0.3, 0.4) is 0 Å². The quantitative estimate of drug-likeness (QED) is 0.427. The summed E-state index contributed by atoms with van der Waals surface area (Å²) in [6.07, 6.45) is 2.81. The minimum absolute atomic E-state index is 0.0349. The molecule has 0 aliphatic carbocycles. The first-order chi connectivity index (χ1) is 14.5. The lowest BCUT2D eigenvalue weighted by molar-refractivity contribution is -0.114. The molecule has 0 bridgehead atoms. The fraction of sp³-hybridized carbons (Fsp3) is 0.348. The lowest BCUT2D eigenvalue weighted by Crippen LogP contribution is -2.25. The Morgan fingerprint density at radius 2 is 1.37 bits per heavy atom. The van der Waals surface area contributed by atoms with Gasteiger partial charge in [0, 0.05) is 35.6 Å². The first-order valence-corrected chi connectivity index (χ1v) is 10.3. The van der Waals surface area contributed by atoms with E-state index in [2.05, 4.69) is 28.2 Å². The van der Waals surface area contributed by atoms with Crippen molar-refractivity contribution >= 4 is 29.1 Å². The summed E-state index contributed by atoms with van der Waals surface area (Å²) in [7, 11) is 0. The van der Waals surface area contributed by atoms with Gasteiger partial charge in [0.05, 0.1) is 6.54 Å². The Bertz CT molecular complexity index is 867. The van der Waals surface area contributed by atoms with Gasteiger partial charge in [-0.05, 0) is 49.2 Å². The molecule has 3 amide bonds. The minimum atomic E-state index is -0.251. The van der Waals surface area contributed by atoms with E-state index in [9.17, 15) is 14.4 Å². The standard InChI is InChI=1S/C23H30N4O3/c1-3-5-13-25-23(30)17-8-6-10-19(14-17)26-16-21(28)27-20-11-7-9-18(15-20)22(29)24-12-4-2/h6-11,14-15,26H,3-5,12-13,16H2,1-2H3,(H,24,29)(H,25,30)(H,27,28). The van der Waals surface area contributed by atoms with Gasteiger partial charge < -0.3 is 21.3 Å². The first-order valence-electron chi connectivity index (χ1n) is 10.3. The molecule has 160 valence electrons. The van der Waals surface area contributed by atoms with Crippen molar-refractivity contribution in [1.29, 1.82) is 0 Å².